The minimum absolute atomic E-state index is 0.382. The lowest BCUT2D eigenvalue weighted by molar-refractivity contribution is 0.630. The Morgan fingerprint density at radius 3 is 2.36 bits per heavy atom. The first-order chi connectivity index (χ1) is 6.50. The van der Waals surface area contributed by atoms with Crippen molar-refractivity contribution in [1.82, 2.24) is 9.97 Å². The SMILES string of the molecule is CC(C)Cc1ncc(C(C)C)nc1Cl. The molecule has 78 valence electrons. The monoisotopic (exact) mass is 212 g/mol. The molecule has 0 saturated carbocycles. The van der Waals surface area contributed by atoms with E-state index in [0.717, 1.165) is 17.8 Å². The summed E-state index contributed by atoms with van der Waals surface area (Å²) >= 11 is 6.04. The van der Waals surface area contributed by atoms with E-state index < -0.39 is 0 Å². The summed E-state index contributed by atoms with van der Waals surface area (Å²) in [5.74, 6) is 0.944. The van der Waals surface area contributed by atoms with Crippen molar-refractivity contribution >= 4 is 11.6 Å². The molecule has 0 aliphatic rings. The molecule has 1 aromatic heterocycles. The first-order valence-electron chi connectivity index (χ1n) is 5.02. The van der Waals surface area contributed by atoms with Crippen molar-refractivity contribution in [2.75, 3.05) is 0 Å². The van der Waals surface area contributed by atoms with E-state index in [1.807, 2.05) is 6.20 Å². The minimum atomic E-state index is 0.382. The molecule has 2 nitrogen and oxygen atoms in total. The van der Waals surface area contributed by atoms with Gasteiger partial charge < -0.3 is 0 Å². The Bertz CT molecular complexity index is 308. The molecule has 1 aromatic rings. The second-order valence-electron chi connectivity index (χ2n) is 4.29. The smallest absolute Gasteiger partial charge is 0.150 e. The predicted molar refractivity (Wildman–Crippen MR) is 59.7 cm³/mol. The highest BCUT2D eigenvalue weighted by Crippen LogP contribution is 2.18. The molecule has 1 heterocycles. The molecule has 0 saturated heterocycles. The summed E-state index contributed by atoms with van der Waals surface area (Å²) in [6, 6.07) is 0. The van der Waals surface area contributed by atoms with Crippen molar-refractivity contribution in [1.29, 1.82) is 0 Å². The van der Waals surface area contributed by atoms with Gasteiger partial charge in [0.2, 0.25) is 0 Å². The van der Waals surface area contributed by atoms with Crippen LogP contribution in [0.5, 0.6) is 0 Å². The zero-order valence-corrected chi connectivity index (χ0v) is 9.97. The van der Waals surface area contributed by atoms with Crippen LogP contribution in [0, 0.1) is 5.92 Å². The lowest BCUT2D eigenvalue weighted by Crippen LogP contribution is -2.03. The van der Waals surface area contributed by atoms with Gasteiger partial charge in [-0.3, -0.25) is 4.98 Å². The molecular formula is C11H17ClN2. The van der Waals surface area contributed by atoms with Gasteiger partial charge in [0.25, 0.3) is 0 Å². The maximum Gasteiger partial charge on any atom is 0.150 e. The third-order valence-corrected chi connectivity index (χ3v) is 2.31. The molecule has 0 bridgehead atoms. The molecule has 0 amide bonds. The Hall–Kier alpha value is -0.630. The number of nitrogens with zero attached hydrogens (tertiary/aromatic N) is 2. The second-order valence-corrected chi connectivity index (χ2v) is 4.64. The molecule has 1 rings (SSSR count). The van der Waals surface area contributed by atoms with Crippen LogP contribution in [0.2, 0.25) is 5.15 Å². The molecule has 0 radical (unpaired) electrons. The lowest BCUT2D eigenvalue weighted by atomic mass is 10.1. The van der Waals surface area contributed by atoms with E-state index in [2.05, 4.69) is 37.7 Å². The number of hydrogen-bond donors (Lipinski definition) is 0. The summed E-state index contributed by atoms with van der Waals surface area (Å²) in [5.41, 5.74) is 1.87. The van der Waals surface area contributed by atoms with E-state index in [4.69, 9.17) is 11.6 Å². The van der Waals surface area contributed by atoms with Gasteiger partial charge in [-0.15, -0.1) is 0 Å². The zero-order valence-electron chi connectivity index (χ0n) is 9.21. The van der Waals surface area contributed by atoms with Crippen LogP contribution in [0.3, 0.4) is 0 Å². The Balaban J connectivity index is 2.90. The van der Waals surface area contributed by atoms with Crippen LogP contribution in [0.15, 0.2) is 6.20 Å². The van der Waals surface area contributed by atoms with Crippen LogP contribution >= 0.6 is 11.6 Å². The van der Waals surface area contributed by atoms with Crippen molar-refractivity contribution in [3.63, 3.8) is 0 Å². The molecule has 14 heavy (non-hydrogen) atoms. The first-order valence-corrected chi connectivity index (χ1v) is 5.39. The maximum atomic E-state index is 6.04. The van der Waals surface area contributed by atoms with E-state index in [1.54, 1.807) is 0 Å². The van der Waals surface area contributed by atoms with Crippen molar-refractivity contribution in [3.05, 3.63) is 22.7 Å². The summed E-state index contributed by atoms with van der Waals surface area (Å²) in [7, 11) is 0. The lowest BCUT2D eigenvalue weighted by Gasteiger charge is -2.08. The van der Waals surface area contributed by atoms with E-state index in [1.165, 1.54) is 0 Å². The molecule has 0 aliphatic heterocycles. The molecule has 0 aromatic carbocycles. The first kappa shape index (κ1) is 11.4. The normalized spacial score (nSPS) is 11.4. The number of aromatic nitrogens is 2. The summed E-state index contributed by atoms with van der Waals surface area (Å²) in [5, 5.41) is 0.560. The van der Waals surface area contributed by atoms with Crippen molar-refractivity contribution in [3.8, 4) is 0 Å². The molecule has 0 fully saturated rings. The predicted octanol–water partition coefficient (Wildman–Crippen LogP) is 3.45. The molecule has 0 N–H and O–H groups in total. The Labute approximate surface area is 90.7 Å². The second kappa shape index (κ2) is 4.74. The van der Waals surface area contributed by atoms with Gasteiger partial charge in [0, 0.05) is 6.20 Å². The van der Waals surface area contributed by atoms with Crippen molar-refractivity contribution in [2.24, 2.45) is 5.92 Å². The van der Waals surface area contributed by atoms with Crippen molar-refractivity contribution < 1.29 is 0 Å². The number of rotatable bonds is 3. The minimum Gasteiger partial charge on any atom is -0.256 e. The largest absolute Gasteiger partial charge is 0.256 e. The fourth-order valence-corrected chi connectivity index (χ4v) is 1.43. The third kappa shape index (κ3) is 2.95. The van der Waals surface area contributed by atoms with Gasteiger partial charge >= 0.3 is 0 Å². The average Bonchev–Trinajstić information content (AvgIpc) is 2.07. The highest BCUT2D eigenvalue weighted by Gasteiger charge is 2.08. The van der Waals surface area contributed by atoms with Gasteiger partial charge in [0.05, 0.1) is 11.4 Å². The highest BCUT2D eigenvalue weighted by atomic mass is 35.5. The molecule has 0 atom stereocenters. The quantitative estimate of drug-likeness (QED) is 0.767. The van der Waals surface area contributed by atoms with Crippen LogP contribution in [-0.4, -0.2) is 9.97 Å². The van der Waals surface area contributed by atoms with Crippen LogP contribution in [-0.2, 0) is 6.42 Å². The van der Waals surface area contributed by atoms with E-state index in [9.17, 15) is 0 Å². The molecule has 0 spiro atoms. The van der Waals surface area contributed by atoms with Crippen LogP contribution in [0.4, 0.5) is 0 Å². The molecule has 3 heteroatoms. The highest BCUT2D eigenvalue weighted by molar-refractivity contribution is 6.30. The Morgan fingerprint density at radius 2 is 1.93 bits per heavy atom. The van der Waals surface area contributed by atoms with E-state index in [0.29, 0.717) is 17.0 Å². The summed E-state index contributed by atoms with van der Waals surface area (Å²) in [4.78, 5) is 8.67. The van der Waals surface area contributed by atoms with Crippen molar-refractivity contribution in [2.45, 2.75) is 40.0 Å². The van der Waals surface area contributed by atoms with Gasteiger partial charge in [-0.05, 0) is 18.3 Å². The van der Waals surface area contributed by atoms with Crippen LogP contribution in [0.25, 0.3) is 0 Å². The third-order valence-electron chi connectivity index (χ3n) is 2.01. The average molecular weight is 213 g/mol. The molecular weight excluding hydrogens is 196 g/mol. The summed E-state index contributed by atoms with van der Waals surface area (Å²) < 4.78 is 0. The van der Waals surface area contributed by atoms with Gasteiger partial charge in [0.1, 0.15) is 0 Å². The fraction of sp³-hybridized carbons (Fsp3) is 0.636. The number of hydrogen-bond acceptors (Lipinski definition) is 2. The van der Waals surface area contributed by atoms with Crippen LogP contribution in [0.1, 0.15) is 45.0 Å². The number of halogens is 1. The van der Waals surface area contributed by atoms with Gasteiger partial charge in [-0.1, -0.05) is 39.3 Å². The van der Waals surface area contributed by atoms with Gasteiger partial charge in [0.15, 0.2) is 5.15 Å². The standard InChI is InChI=1S/C11H17ClN2/c1-7(2)5-9-11(12)14-10(6-13-9)8(3)4/h6-8H,5H2,1-4H3. The van der Waals surface area contributed by atoms with E-state index >= 15 is 0 Å². The van der Waals surface area contributed by atoms with Gasteiger partial charge in [-0.25, -0.2) is 4.98 Å². The zero-order chi connectivity index (χ0) is 10.7. The Morgan fingerprint density at radius 1 is 1.29 bits per heavy atom. The summed E-state index contributed by atoms with van der Waals surface area (Å²) in [6.07, 6.45) is 2.72. The fourth-order valence-electron chi connectivity index (χ4n) is 1.21. The van der Waals surface area contributed by atoms with Crippen LogP contribution < -0.4 is 0 Å². The summed E-state index contributed by atoms with van der Waals surface area (Å²) in [6.45, 7) is 8.47. The van der Waals surface area contributed by atoms with E-state index in [-0.39, 0.29) is 0 Å². The molecule has 0 unspecified atom stereocenters. The molecule has 0 aliphatic carbocycles. The topological polar surface area (TPSA) is 25.8 Å². The maximum absolute atomic E-state index is 6.04. The van der Waals surface area contributed by atoms with Gasteiger partial charge in [-0.2, -0.15) is 0 Å². The Kier molecular flexibility index (Phi) is 3.87.